The van der Waals surface area contributed by atoms with E-state index in [-0.39, 0.29) is 29.0 Å². The molecule has 0 fully saturated rings. The van der Waals surface area contributed by atoms with Crippen molar-refractivity contribution >= 4 is 17.0 Å². The molecule has 0 amide bonds. The fraction of sp³-hybridized carbons (Fsp3) is 0.308. The second-order valence-electron chi connectivity index (χ2n) is 4.46. The summed E-state index contributed by atoms with van der Waals surface area (Å²) >= 11 is 0. The summed E-state index contributed by atoms with van der Waals surface area (Å²) in [5, 5.41) is 21.1. The Morgan fingerprint density at radius 2 is 2.15 bits per heavy atom. The van der Waals surface area contributed by atoms with Gasteiger partial charge in [0.15, 0.2) is 0 Å². The molecule has 2 rings (SSSR count). The van der Waals surface area contributed by atoms with Gasteiger partial charge in [-0.15, -0.1) is 0 Å². The lowest BCUT2D eigenvalue weighted by Crippen LogP contribution is -2.32. The zero-order valence-corrected chi connectivity index (χ0v) is 11.1. The molecule has 0 aliphatic heterocycles. The molecular weight excluding hydrogens is 264 g/mol. The number of nitrogens with zero attached hydrogens (tertiary/aromatic N) is 2. The molecule has 2 aromatic rings. The molecule has 1 aromatic heterocycles. The predicted molar refractivity (Wildman–Crippen MR) is 70.8 cm³/mol. The van der Waals surface area contributed by atoms with E-state index in [1.165, 1.54) is 26.0 Å². The third kappa shape index (κ3) is 2.35. The second kappa shape index (κ2) is 5.30. The molecule has 0 unspecified atom stereocenters. The van der Waals surface area contributed by atoms with Crippen molar-refractivity contribution in [3.63, 3.8) is 0 Å². The summed E-state index contributed by atoms with van der Waals surface area (Å²) < 4.78 is 5.69. The monoisotopic (exact) mass is 278 g/mol. The van der Waals surface area contributed by atoms with E-state index in [9.17, 15) is 14.9 Å². The van der Waals surface area contributed by atoms with E-state index in [0.717, 1.165) is 0 Å². The van der Waals surface area contributed by atoms with Crippen molar-refractivity contribution < 1.29 is 19.1 Å². The van der Waals surface area contributed by atoms with Crippen LogP contribution < -0.4 is 4.43 Å². The molecule has 1 N–H and O–H groups in total. The number of benzene rings is 1. The Morgan fingerprint density at radius 1 is 1.50 bits per heavy atom. The number of esters is 1. The first-order valence-electron chi connectivity index (χ1n) is 6.03. The van der Waals surface area contributed by atoms with Gasteiger partial charge in [-0.3, -0.25) is 0 Å². The molecule has 1 atom stereocenters. The fourth-order valence-electron chi connectivity index (χ4n) is 1.85. The highest BCUT2D eigenvalue weighted by Crippen LogP contribution is 2.14. The number of aliphatic hydroxyl groups is 1. The summed E-state index contributed by atoms with van der Waals surface area (Å²) in [5.41, 5.74) is -0.169. The van der Waals surface area contributed by atoms with Crippen LogP contribution in [0.25, 0.3) is 11.0 Å². The maximum Gasteiger partial charge on any atom is 0.410 e. The molecule has 20 heavy (non-hydrogen) atoms. The van der Waals surface area contributed by atoms with Gasteiger partial charge in [0.2, 0.25) is 0 Å². The maximum absolute atomic E-state index is 12.2. The van der Waals surface area contributed by atoms with Gasteiger partial charge in [0.05, 0.1) is 16.2 Å². The Hall–Kier alpha value is -2.41. The zero-order chi connectivity index (χ0) is 14.9. The Labute approximate surface area is 114 Å². The maximum atomic E-state index is 12.2. The number of ether oxygens (including phenoxy) is 1. The molecule has 1 heterocycles. The number of fused-ring (bicyclic) bond motifs is 1. The summed E-state index contributed by atoms with van der Waals surface area (Å²) in [4.78, 5) is 24.1. The van der Waals surface area contributed by atoms with Crippen molar-refractivity contribution in [2.45, 2.75) is 20.0 Å². The Balaban J connectivity index is 2.59. The van der Waals surface area contributed by atoms with Crippen LogP contribution in [0.1, 0.15) is 23.1 Å². The SMILES string of the molecule is Cc1c(C(=O)OC[C@@H](C)O)[n+](=O)c2ccccc2n1[O-]. The van der Waals surface area contributed by atoms with Gasteiger partial charge < -0.3 is 19.8 Å². The molecule has 106 valence electrons. The quantitative estimate of drug-likeness (QED) is 0.660. The molecule has 0 spiro atoms. The van der Waals surface area contributed by atoms with Crippen molar-refractivity contribution in [2.75, 3.05) is 6.61 Å². The van der Waals surface area contributed by atoms with Gasteiger partial charge in [-0.1, -0.05) is 12.1 Å². The second-order valence-corrected chi connectivity index (χ2v) is 4.46. The molecule has 7 heteroatoms. The van der Waals surface area contributed by atoms with Crippen LogP contribution in [0.15, 0.2) is 24.3 Å². The smallest absolute Gasteiger partial charge is 0.410 e. The minimum atomic E-state index is -0.936. The highest BCUT2D eigenvalue weighted by atomic mass is 16.5. The van der Waals surface area contributed by atoms with E-state index in [2.05, 4.69) is 0 Å². The minimum absolute atomic E-state index is 0.0470. The van der Waals surface area contributed by atoms with Gasteiger partial charge in [-0.05, 0) is 19.9 Å². The van der Waals surface area contributed by atoms with E-state index in [0.29, 0.717) is 9.16 Å². The molecule has 0 radical (unpaired) electrons. The molecule has 1 aromatic carbocycles. The highest BCUT2D eigenvalue weighted by molar-refractivity contribution is 5.88. The Kier molecular flexibility index (Phi) is 3.71. The van der Waals surface area contributed by atoms with E-state index in [1.807, 2.05) is 0 Å². The van der Waals surface area contributed by atoms with Crippen LogP contribution in [0.3, 0.4) is 0 Å². The molecular formula is C13H14N2O5. The zero-order valence-electron chi connectivity index (χ0n) is 11.1. The topological polar surface area (TPSA) is 97.5 Å². The summed E-state index contributed by atoms with van der Waals surface area (Å²) in [5.74, 6) is -0.936. The van der Waals surface area contributed by atoms with Crippen molar-refractivity contribution in [1.29, 1.82) is 0 Å². The van der Waals surface area contributed by atoms with Crippen LogP contribution in [-0.4, -0.2) is 28.5 Å². The van der Waals surface area contributed by atoms with E-state index >= 15 is 0 Å². The first kappa shape index (κ1) is 14.0. The number of hydrogen-bond acceptors (Lipinski definition) is 5. The number of para-hydroxylation sites is 2. The molecule has 0 bridgehead atoms. The first-order chi connectivity index (χ1) is 9.43. The Morgan fingerprint density at radius 3 is 2.80 bits per heavy atom. The number of carbonyl (C=O) groups is 1. The molecule has 7 nitrogen and oxygen atoms in total. The highest BCUT2D eigenvalue weighted by Gasteiger charge is 2.28. The van der Waals surface area contributed by atoms with E-state index in [4.69, 9.17) is 9.84 Å². The van der Waals surface area contributed by atoms with Crippen LogP contribution in [-0.2, 0) is 4.74 Å². The molecule has 0 aliphatic carbocycles. The van der Waals surface area contributed by atoms with Gasteiger partial charge >= 0.3 is 11.7 Å². The van der Waals surface area contributed by atoms with Crippen LogP contribution in [0.4, 0.5) is 0 Å². The lowest BCUT2D eigenvalue weighted by atomic mass is 10.2. The van der Waals surface area contributed by atoms with Crippen LogP contribution in [0.5, 0.6) is 0 Å². The number of aliphatic hydroxyl groups excluding tert-OH is 1. The summed E-state index contributed by atoms with van der Waals surface area (Å²) in [7, 11) is 0. The number of aromatic nitrogens is 2. The van der Waals surface area contributed by atoms with Crippen molar-refractivity contribution in [1.82, 2.24) is 4.73 Å². The average Bonchev–Trinajstić information content (AvgIpc) is 2.43. The van der Waals surface area contributed by atoms with E-state index in [1.54, 1.807) is 12.1 Å². The summed E-state index contributed by atoms with van der Waals surface area (Å²) in [6.07, 6.45) is -0.848. The lowest BCUT2D eigenvalue weighted by Gasteiger charge is -2.16. The number of carbonyl (C=O) groups excluding carboxylic acids is 1. The van der Waals surface area contributed by atoms with Gasteiger partial charge in [0.25, 0.3) is 5.52 Å². The first-order valence-corrected chi connectivity index (χ1v) is 6.03. The largest absolute Gasteiger partial charge is 0.805 e. The summed E-state index contributed by atoms with van der Waals surface area (Å²) in [6, 6.07) is 6.16. The minimum Gasteiger partial charge on any atom is -0.805 e. The number of hydrogen-bond donors (Lipinski definition) is 1. The van der Waals surface area contributed by atoms with Crippen LogP contribution >= 0.6 is 0 Å². The predicted octanol–water partition coefficient (Wildman–Crippen LogP) is 0.748. The third-order valence-corrected chi connectivity index (χ3v) is 2.82. The van der Waals surface area contributed by atoms with Crippen molar-refractivity contribution in [2.24, 2.45) is 0 Å². The normalized spacial score (nSPS) is 12.3. The van der Waals surface area contributed by atoms with Crippen LogP contribution in [0.2, 0.25) is 0 Å². The van der Waals surface area contributed by atoms with Gasteiger partial charge in [-0.2, -0.15) is 0 Å². The van der Waals surface area contributed by atoms with Crippen LogP contribution in [0, 0.1) is 17.0 Å². The van der Waals surface area contributed by atoms with E-state index < -0.39 is 12.1 Å². The van der Waals surface area contributed by atoms with Gasteiger partial charge in [0.1, 0.15) is 12.1 Å². The fourth-order valence-corrected chi connectivity index (χ4v) is 1.85. The molecule has 0 saturated carbocycles. The van der Waals surface area contributed by atoms with Crippen molar-refractivity contribution in [3.8, 4) is 0 Å². The summed E-state index contributed by atoms with van der Waals surface area (Å²) in [6.45, 7) is 2.57. The molecule has 0 aliphatic rings. The third-order valence-electron chi connectivity index (χ3n) is 2.82. The molecule has 0 saturated heterocycles. The van der Waals surface area contributed by atoms with Crippen molar-refractivity contribution in [3.05, 3.63) is 45.8 Å². The lowest BCUT2D eigenvalue weighted by molar-refractivity contribution is -0.469. The van der Waals surface area contributed by atoms with Gasteiger partial charge in [0, 0.05) is 11.0 Å². The van der Waals surface area contributed by atoms with Gasteiger partial charge in [-0.25, -0.2) is 4.79 Å². The standard InChI is InChI=1S/C13H14N2O5/c1-8(16)7-20-13(17)12-9(2)14(18)10-5-3-4-6-11(10)15(12)19/h3-6,8,16H,7H2,1-2H3/t8-/m1/s1. The Bertz CT molecular complexity index is 721. The number of rotatable bonds is 3. The average molecular weight is 278 g/mol.